The van der Waals surface area contributed by atoms with E-state index < -0.39 is 42.8 Å². The number of aryl methyl sites for hydroxylation is 1. The van der Waals surface area contributed by atoms with Crippen LogP contribution in [0.2, 0.25) is 0 Å². The standard InChI is InChI=1S/C26H30N2O7/c1-13-4-5-16-17(11-13)18(34-26-23(31)21(29)22(30)24(35-26)25(32)33)12-15-3-2-8-28-20(15)19(16)14-6-9-27-10-7-14/h2-5,8,11,18,21-24,26-27,29-31H,6-7,9-10,12H2,1H3,(H,32,33). The van der Waals surface area contributed by atoms with Crippen molar-refractivity contribution in [3.8, 4) is 0 Å². The van der Waals surface area contributed by atoms with Crippen LogP contribution in [-0.4, -0.2) is 75.2 Å². The van der Waals surface area contributed by atoms with Gasteiger partial charge in [-0.2, -0.15) is 0 Å². The lowest BCUT2D eigenvalue weighted by Crippen LogP contribution is -2.60. The number of fused-ring (bicyclic) bond motifs is 2. The number of rotatable bonds is 3. The number of nitrogens with zero attached hydrogens (tertiary/aromatic N) is 1. The average molecular weight is 483 g/mol. The van der Waals surface area contributed by atoms with Crippen molar-refractivity contribution in [3.05, 3.63) is 70.0 Å². The van der Waals surface area contributed by atoms with Crippen LogP contribution in [0.25, 0.3) is 5.57 Å². The average Bonchev–Trinajstić information content (AvgIpc) is 2.99. The molecule has 186 valence electrons. The van der Waals surface area contributed by atoms with Gasteiger partial charge >= 0.3 is 5.97 Å². The Morgan fingerprint density at radius 2 is 1.89 bits per heavy atom. The number of carboxylic acids is 1. The van der Waals surface area contributed by atoms with Crippen LogP contribution >= 0.6 is 0 Å². The molecule has 3 heterocycles. The number of pyridine rings is 1. The molecular weight excluding hydrogens is 452 g/mol. The van der Waals surface area contributed by atoms with Crippen LogP contribution in [0.5, 0.6) is 0 Å². The van der Waals surface area contributed by atoms with Crippen LogP contribution < -0.4 is 5.32 Å². The van der Waals surface area contributed by atoms with Crippen molar-refractivity contribution >= 4 is 11.5 Å². The number of carboxylic acid groups (broad SMARTS) is 1. The molecule has 0 spiro atoms. The van der Waals surface area contributed by atoms with Crippen molar-refractivity contribution in [2.45, 2.75) is 63.0 Å². The molecule has 1 aliphatic carbocycles. The number of piperidine rings is 1. The van der Waals surface area contributed by atoms with Crippen LogP contribution in [0.15, 0.2) is 42.1 Å². The molecule has 5 N–H and O–H groups in total. The van der Waals surface area contributed by atoms with Crippen molar-refractivity contribution in [3.63, 3.8) is 0 Å². The zero-order chi connectivity index (χ0) is 24.7. The van der Waals surface area contributed by atoms with Crippen LogP contribution in [0.4, 0.5) is 0 Å². The van der Waals surface area contributed by atoms with E-state index in [9.17, 15) is 25.2 Å². The Hall–Kier alpha value is -2.66. The van der Waals surface area contributed by atoms with Crippen molar-refractivity contribution in [2.75, 3.05) is 13.1 Å². The number of hydrogen-bond acceptors (Lipinski definition) is 8. The van der Waals surface area contributed by atoms with Gasteiger partial charge in [0.2, 0.25) is 0 Å². The highest BCUT2D eigenvalue weighted by atomic mass is 16.7. The molecular formula is C26H30N2O7. The van der Waals surface area contributed by atoms with Gasteiger partial charge in [0.05, 0.1) is 11.8 Å². The molecule has 0 radical (unpaired) electrons. The SMILES string of the molecule is Cc1ccc2c(c1)C(OC1OC(C(=O)O)C(O)C(O)C1O)Cc1cccnc1C2=C1CCNCC1. The van der Waals surface area contributed by atoms with Gasteiger partial charge in [0.1, 0.15) is 18.3 Å². The Bertz CT molecular complexity index is 1140. The summed E-state index contributed by atoms with van der Waals surface area (Å²) in [5.41, 5.74) is 7.15. The highest BCUT2D eigenvalue weighted by Gasteiger charge is 2.48. The molecule has 35 heavy (non-hydrogen) atoms. The summed E-state index contributed by atoms with van der Waals surface area (Å²) in [7, 11) is 0. The second-order valence-corrected chi connectivity index (χ2v) is 9.39. The van der Waals surface area contributed by atoms with Gasteiger partial charge in [0.15, 0.2) is 12.4 Å². The number of aliphatic hydroxyl groups is 3. The predicted octanol–water partition coefficient (Wildman–Crippen LogP) is 1.08. The molecule has 9 heteroatoms. The molecule has 5 rings (SSSR count). The smallest absolute Gasteiger partial charge is 0.335 e. The first-order chi connectivity index (χ1) is 16.8. The number of hydrogen-bond donors (Lipinski definition) is 5. The fraction of sp³-hybridized carbons (Fsp3) is 0.462. The first kappa shape index (κ1) is 24.1. The summed E-state index contributed by atoms with van der Waals surface area (Å²) in [6, 6.07) is 10.00. The van der Waals surface area contributed by atoms with Crippen molar-refractivity contribution in [2.24, 2.45) is 0 Å². The molecule has 2 aliphatic heterocycles. The summed E-state index contributed by atoms with van der Waals surface area (Å²) in [5, 5.41) is 43.8. The molecule has 2 saturated heterocycles. The van der Waals surface area contributed by atoms with Crippen LogP contribution in [0.3, 0.4) is 0 Å². The zero-order valence-corrected chi connectivity index (χ0v) is 19.4. The Morgan fingerprint density at radius 3 is 2.63 bits per heavy atom. The van der Waals surface area contributed by atoms with E-state index in [1.54, 1.807) is 6.20 Å². The van der Waals surface area contributed by atoms with Gasteiger partial charge in [0.25, 0.3) is 0 Å². The second kappa shape index (κ2) is 9.77. The van der Waals surface area contributed by atoms with Gasteiger partial charge in [-0.3, -0.25) is 4.98 Å². The number of aliphatic carboxylic acids is 1. The quantitative estimate of drug-likeness (QED) is 0.434. The second-order valence-electron chi connectivity index (χ2n) is 9.39. The minimum absolute atomic E-state index is 0.414. The van der Waals surface area contributed by atoms with E-state index in [4.69, 9.17) is 14.5 Å². The highest BCUT2D eigenvalue weighted by molar-refractivity contribution is 5.85. The maximum absolute atomic E-state index is 11.6. The van der Waals surface area contributed by atoms with Crippen LogP contribution in [0, 0.1) is 6.92 Å². The minimum atomic E-state index is -1.77. The number of nitrogens with one attached hydrogen (secondary N) is 1. The summed E-state index contributed by atoms with van der Waals surface area (Å²) >= 11 is 0. The lowest BCUT2D eigenvalue weighted by Gasteiger charge is -2.40. The number of aliphatic hydroxyl groups excluding tert-OH is 3. The van der Waals surface area contributed by atoms with E-state index in [2.05, 4.69) is 11.4 Å². The molecule has 6 unspecified atom stereocenters. The van der Waals surface area contributed by atoms with Gasteiger partial charge in [0, 0.05) is 18.2 Å². The minimum Gasteiger partial charge on any atom is -0.479 e. The third kappa shape index (κ3) is 4.51. The highest BCUT2D eigenvalue weighted by Crippen LogP contribution is 2.42. The molecule has 0 bridgehead atoms. The van der Waals surface area contributed by atoms with Crippen LogP contribution in [0.1, 0.15) is 46.9 Å². The van der Waals surface area contributed by atoms with Crippen LogP contribution in [-0.2, 0) is 20.7 Å². The van der Waals surface area contributed by atoms with Gasteiger partial charge in [-0.1, -0.05) is 35.4 Å². The molecule has 3 aliphatic rings. The largest absolute Gasteiger partial charge is 0.479 e. The molecule has 0 saturated carbocycles. The normalized spacial score (nSPS) is 30.9. The van der Waals surface area contributed by atoms with E-state index in [1.807, 2.05) is 31.2 Å². The first-order valence-electron chi connectivity index (χ1n) is 11.9. The van der Waals surface area contributed by atoms with Gasteiger partial charge in [-0.05, 0) is 55.6 Å². The summed E-state index contributed by atoms with van der Waals surface area (Å²) in [6.07, 6.45) is -4.89. The lowest BCUT2D eigenvalue weighted by molar-refractivity contribution is -0.305. The summed E-state index contributed by atoms with van der Waals surface area (Å²) in [4.78, 5) is 16.3. The van der Waals surface area contributed by atoms with Gasteiger partial charge in [-0.15, -0.1) is 0 Å². The fourth-order valence-corrected chi connectivity index (χ4v) is 5.23. The van der Waals surface area contributed by atoms with Gasteiger partial charge in [-0.25, -0.2) is 4.79 Å². The Balaban J connectivity index is 1.60. The van der Waals surface area contributed by atoms with Crippen molar-refractivity contribution in [1.82, 2.24) is 10.3 Å². The van der Waals surface area contributed by atoms with E-state index in [0.29, 0.717) is 6.42 Å². The Morgan fingerprint density at radius 1 is 1.11 bits per heavy atom. The van der Waals surface area contributed by atoms with E-state index in [0.717, 1.165) is 59.5 Å². The van der Waals surface area contributed by atoms with E-state index in [1.165, 1.54) is 5.57 Å². The number of carbonyl (C=O) groups is 1. The topological polar surface area (TPSA) is 141 Å². The predicted molar refractivity (Wildman–Crippen MR) is 125 cm³/mol. The molecule has 2 aromatic rings. The van der Waals surface area contributed by atoms with Crippen molar-refractivity contribution in [1.29, 1.82) is 0 Å². The number of benzene rings is 1. The number of aromatic nitrogens is 1. The molecule has 2 fully saturated rings. The fourth-order valence-electron chi connectivity index (χ4n) is 5.23. The summed E-state index contributed by atoms with van der Waals surface area (Å²) in [5.74, 6) is -1.44. The molecule has 1 aromatic heterocycles. The van der Waals surface area contributed by atoms with Crippen molar-refractivity contribution < 1.29 is 34.7 Å². The lowest BCUT2D eigenvalue weighted by atomic mass is 9.88. The maximum Gasteiger partial charge on any atom is 0.335 e. The Labute approximate surface area is 203 Å². The molecule has 9 nitrogen and oxygen atoms in total. The first-order valence-corrected chi connectivity index (χ1v) is 11.9. The molecule has 1 aromatic carbocycles. The third-order valence-corrected chi connectivity index (χ3v) is 7.03. The van der Waals surface area contributed by atoms with E-state index >= 15 is 0 Å². The molecule has 6 atom stereocenters. The van der Waals surface area contributed by atoms with Gasteiger partial charge < -0.3 is 35.2 Å². The molecule has 0 amide bonds. The maximum atomic E-state index is 11.6. The summed E-state index contributed by atoms with van der Waals surface area (Å²) < 4.78 is 11.7. The zero-order valence-electron chi connectivity index (χ0n) is 19.4. The summed E-state index contributed by atoms with van der Waals surface area (Å²) in [6.45, 7) is 3.76. The third-order valence-electron chi connectivity index (χ3n) is 7.03. The number of ether oxygens (including phenoxy) is 2. The Kier molecular flexibility index (Phi) is 6.71. The monoisotopic (exact) mass is 482 g/mol. The van der Waals surface area contributed by atoms with E-state index in [-0.39, 0.29) is 0 Å².